The number of rotatable bonds is 1. The van der Waals surface area contributed by atoms with Gasteiger partial charge in [0, 0.05) is 21.5 Å². The summed E-state index contributed by atoms with van der Waals surface area (Å²) in [5, 5.41) is 6.81. The third-order valence-electron chi connectivity index (χ3n) is 7.13. The molecule has 3 aromatic carbocycles. The number of benzene rings is 3. The van der Waals surface area contributed by atoms with E-state index in [1.54, 1.807) is 0 Å². The van der Waals surface area contributed by atoms with E-state index in [4.69, 9.17) is 0 Å². The smallest absolute Gasteiger partial charge is 0.224 e. The number of hydrogen-bond acceptors (Lipinski definition) is 1. The van der Waals surface area contributed by atoms with Crippen LogP contribution >= 0.6 is 11.3 Å². The number of aromatic nitrogens is 2. The molecule has 0 saturated carbocycles. The van der Waals surface area contributed by atoms with Crippen LogP contribution in [0.3, 0.4) is 0 Å². The number of thiophene rings is 1. The number of fused-ring (bicyclic) bond motifs is 7. The Balaban J connectivity index is 1.85. The highest BCUT2D eigenvalue weighted by Gasteiger charge is 2.26. The topological polar surface area (TPSA) is 8.29 Å². The molecule has 0 amide bonds. The first-order valence-electron chi connectivity index (χ1n) is 11.7. The molecule has 162 valence electrons. The van der Waals surface area contributed by atoms with Gasteiger partial charge < -0.3 is 4.40 Å². The molecule has 0 spiro atoms. The molecule has 0 bridgehead atoms. The summed E-state index contributed by atoms with van der Waals surface area (Å²) in [6, 6.07) is 20.7. The van der Waals surface area contributed by atoms with E-state index in [1.165, 1.54) is 69.5 Å². The summed E-state index contributed by atoms with van der Waals surface area (Å²) in [7, 11) is 2.19. The van der Waals surface area contributed by atoms with Crippen LogP contribution in [0.4, 0.5) is 0 Å². The van der Waals surface area contributed by atoms with Crippen LogP contribution in [-0.2, 0) is 13.5 Å². The molecule has 2 nitrogen and oxygen atoms in total. The van der Waals surface area contributed by atoms with Gasteiger partial charge in [-0.25, -0.2) is 4.57 Å². The van der Waals surface area contributed by atoms with E-state index in [0.29, 0.717) is 0 Å². The van der Waals surface area contributed by atoms with Crippen molar-refractivity contribution in [3.63, 3.8) is 0 Å². The second kappa shape index (κ2) is 6.24. The molecular formula is C30H27N2S+. The fourth-order valence-corrected chi connectivity index (χ4v) is 7.14. The zero-order valence-corrected chi connectivity index (χ0v) is 20.6. The third-order valence-corrected chi connectivity index (χ3v) is 8.33. The first kappa shape index (κ1) is 19.3. The van der Waals surface area contributed by atoms with Crippen molar-refractivity contribution < 1.29 is 4.57 Å². The molecule has 0 radical (unpaired) electrons. The van der Waals surface area contributed by atoms with E-state index in [2.05, 4.69) is 105 Å². The molecule has 0 aliphatic rings. The summed E-state index contributed by atoms with van der Waals surface area (Å²) in [5.41, 5.74) is 8.40. The highest BCUT2D eigenvalue weighted by atomic mass is 32.1. The maximum absolute atomic E-state index is 2.59. The Morgan fingerprint density at radius 2 is 1.73 bits per heavy atom. The number of pyridine rings is 2. The second-order valence-electron chi connectivity index (χ2n) is 10.9. The molecule has 0 saturated heterocycles. The van der Waals surface area contributed by atoms with E-state index in [9.17, 15) is 0 Å². The summed E-state index contributed by atoms with van der Waals surface area (Å²) >= 11 is 1.93. The third kappa shape index (κ3) is 2.52. The van der Waals surface area contributed by atoms with E-state index in [-0.39, 0.29) is 5.41 Å². The summed E-state index contributed by atoms with van der Waals surface area (Å²) < 4.78 is 7.67. The predicted octanol–water partition coefficient (Wildman–Crippen LogP) is 7.93. The Bertz CT molecular complexity index is 1890. The molecule has 4 heterocycles. The molecule has 0 atom stereocenters. The minimum absolute atomic E-state index is 0.238. The molecule has 7 rings (SSSR count). The second-order valence-corrected chi connectivity index (χ2v) is 11.9. The molecule has 0 aliphatic heterocycles. The van der Waals surface area contributed by atoms with E-state index in [1.807, 2.05) is 11.3 Å². The molecule has 0 N–H and O–H groups in total. The molecule has 0 aliphatic carbocycles. The van der Waals surface area contributed by atoms with Crippen molar-refractivity contribution in [3.05, 3.63) is 71.9 Å². The molecule has 3 heteroatoms. The molecular weight excluding hydrogens is 420 g/mol. The van der Waals surface area contributed by atoms with Gasteiger partial charge in [-0.05, 0) is 47.4 Å². The van der Waals surface area contributed by atoms with Crippen LogP contribution in [0.25, 0.3) is 58.4 Å². The lowest BCUT2D eigenvalue weighted by Crippen LogP contribution is -2.29. The van der Waals surface area contributed by atoms with Gasteiger partial charge in [-0.3, -0.25) is 0 Å². The normalized spacial score (nSPS) is 13.1. The van der Waals surface area contributed by atoms with Crippen LogP contribution in [-0.4, -0.2) is 4.40 Å². The Morgan fingerprint density at radius 3 is 2.55 bits per heavy atom. The largest absolute Gasteiger partial charge is 0.306 e. The van der Waals surface area contributed by atoms with Gasteiger partial charge in [-0.2, -0.15) is 0 Å². The number of nitrogens with zero attached hydrogens (tertiary/aromatic N) is 2. The monoisotopic (exact) mass is 447 g/mol. The van der Waals surface area contributed by atoms with Gasteiger partial charge in [0.25, 0.3) is 0 Å². The first-order chi connectivity index (χ1) is 15.8. The Hall–Kier alpha value is -3.17. The van der Waals surface area contributed by atoms with Gasteiger partial charge >= 0.3 is 0 Å². The summed E-state index contributed by atoms with van der Waals surface area (Å²) in [6.45, 7) is 9.25. The van der Waals surface area contributed by atoms with Gasteiger partial charge in [0.15, 0.2) is 6.20 Å². The Labute approximate surface area is 197 Å². The highest BCUT2D eigenvalue weighted by Crippen LogP contribution is 2.46. The van der Waals surface area contributed by atoms with Gasteiger partial charge in [-0.15, -0.1) is 11.3 Å². The van der Waals surface area contributed by atoms with Crippen LogP contribution in [0.1, 0.15) is 31.9 Å². The quantitative estimate of drug-likeness (QED) is 0.137. The van der Waals surface area contributed by atoms with Crippen molar-refractivity contribution in [3.8, 4) is 0 Å². The fourth-order valence-electron chi connectivity index (χ4n) is 5.93. The van der Waals surface area contributed by atoms with Crippen molar-refractivity contribution in [2.24, 2.45) is 12.5 Å². The van der Waals surface area contributed by atoms with E-state index >= 15 is 0 Å². The lowest BCUT2D eigenvalue weighted by atomic mass is 9.87. The zero-order chi connectivity index (χ0) is 22.6. The van der Waals surface area contributed by atoms with Gasteiger partial charge in [0.2, 0.25) is 5.52 Å². The number of hydrogen-bond donors (Lipinski definition) is 0. The Kier molecular flexibility index (Phi) is 3.65. The molecule has 4 aromatic heterocycles. The van der Waals surface area contributed by atoms with Crippen molar-refractivity contribution in [2.45, 2.75) is 34.1 Å². The summed E-state index contributed by atoms with van der Waals surface area (Å²) in [5.74, 6) is 0. The van der Waals surface area contributed by atoms with Crippen LogP contribution in [0.15, 0.2) is 60.8 Å². The maximum atomic E-state index is 2.59. The summed E-state index contributed by atoms with van der Waals surface area (Å²) in [6.07, 6.45) is 3.29. The lowest BCUT2D eigenvalue weighted by Gasteiger charge is -2.20. The minimum atomic E-state index is 0.238. The van der Waals surface area contributed by atoms with Gasteiger partial charge in [0.1, 0.15) is 7.05 Å². The minimum Gasteiger partial charge on any atom is -0.306 e. The van der Waals surface area contributed by atoms with Crippen molar-refractivity contribution in [2.75, 3.05) is 0 Å². The van der Waals surface area contributed by atoms with Crippen LogP contribution in [0.5, 0.6) is 0 Å². The average Bonchev–Trinajstić information content (AvgIpc) is 3.28. The van der Waals surface area contributed by atoms with Gasteiger partial charge in [-0.1, -0.05) is 57.2 Å². The molecule has 7 aromatic rings. The zero-order valence-electron chi connectivity index (χ0n) is 19.8. The van der Waals surface area contributed by atoms with Crippen LogP contribution in [0, 0.1) is 12.3 Å². The van der Waals surface area contributed by atoms with Crippen LogP contribution < -0.4 is 4.57 Å². The molecule has 33 heavy (non-hydrogen) atoms. The Morgan fingerprint density at radius 1 is 0.909 bits per heavy atom. The predicted molar refractivity (Wildman–Crippen MR) is 143 cm³/mol. The van der Waals surface area contributed by atoms with Crippen molar-refractivity contribution in [1.29, 1.82) is 0 Å². The lowest BCUT2D eigenvalue weighted by molar-refractivity contribution is -0.643. The van der Waals surface area contributed by atoms with E-state index < -0.39 is 0 Å². The van der Waals surface area contributed by atoms with Crippen molar-refractivity contribution in [1.82, 2.24) is 4.40 Å². The van der Waals surface area contributed by atoms with Crippen LogP contribution in [0.2, 0.25) is 0 Å². The average molecular weight is 448 g/mol. The number of aryl methyl sites for hydroxylation is 2. The maximum Gasteiger partial charge on any atom is 0.224 e. The SMILES string of the molecule is Cc1ccc2c3sc4ccccc4c3n3c4cc(CC(C)(C)C)cc5cc[n+](C)c(c1c23)c54. The highest BCUT2D eigenvalue weighted by molar-refractivity contribution is 7.26. The molecule has 0 unspecified atom stereocenters. The standard InChI is InChI=1S/C30H27N2S/c1-17-10-11-21-26-24(17)28-25-19(12-13-31(28)5)14-18(16-30(2,3)4)15-22(25)32(26)27-20-8-6-7-9-23(20)33-29(21)27/h6-15H,16H2,1-5H3/q+1. The first-order valence-corrected chi connectivity index (χ1v) is 12.5. The van der Waals surface area contributed by atoms with Crippen molar-refractivity contribution >= 4 is 69.7 Å². The van der Waals surface area contributed by atoms with Gasteiger partial charge in [0.05, 0.1) is 32.0 Å². The van der Waals surface area contributed by atoms with E-state index in [0.717, 1.165) is 6.42 Å². The summed E-state index contributed by atoms with van der Waals surface area (Å²) in [4.78, 5) is 0. The molecule has 0 fully saturated rings. The fraction of sp³-hybridized carbons (Fsp3) is 0.233.